The standard InChI is InChI=1S/C17H18F3NO2/c1-12(21-16(11-22)14-5-3-2-4-6-14)13-7-9-15(10-8-13)23-17(18,19)20/h2-10,12,16,21-22H,11H2,1H3. The first kappa shape index (κ1) is 17.3. The van der Waals surface area contributed by atoms with Crippen LogP contribution < -0.4 is 10.1 Å². The summed E-state index contributed by atoms with van der Waals surface area (Å²) in [6.45, 7) is 1.80. The molecule has 0 radical (unpaired) electrons. The summed E-state index contributed by atoms with van der Waals surface area (Å²) in [5.74, 6) is -0.254. The first-order valence-electron chi connectivity index (χ1n) is 7.16. The van der Waals surface area contributed by atoms with E-state index >= 15 is 0 Å². The molecule has 0 bridgehead atoms. The van der Waals surface area contributed by atoms with Gasteiger partial charge in [-0.2, -0.15) is 0 Å². The van der Waals surface area contributed by atoms with Gasteiger partial charge in [0.15, 0.2) is 0 Å². The quantitative estimate of drug-likeness (QED) is 0.844. The van der Waals surface area contributed by atoms with Crippen LogP contribution in [-0.4, -0.2) is 18.1 Å². The summed E-state index contributed by atoms with van der Waals surface area (Å²) in [5.41, 5.74) is 1.74. The highest BCUT2D eigenvalue weighted by molar-refractivity contribution is 5.29. The number of benzene rings is 2. The fourth-order valence-electron chi connectivity index (χ4n) is 2.30. The molecule has 0 saturated carbocycles. The van der Waals surface area contributed by atoms with Crippen molar-refractivity contribution in [1.82, 2.24) is 5.32 Å². The minimum atomic E-state index is -4.69. The van der Waals surface area contributed by atoms with Gasteiger partial charge in [0, 0.05) is 6.04 Å². The SMILES string of the molecule is CC(NC(CO)c1ccccc1)c1ccc(OC(F)(F)F)cc1. The van der Waals surface area contributed by atoms with Gasteiger partial charge >= 0.3 is 6.36 Å². The Balaban J connectivity index is 2.03. The molecule has 2 atom stereocenters. The van der Waals surface area contributed by atoms with Crippen molar-refractivity contribution >= 4 is 0 Å². The zero-order valence-electron chi connectivity index (χ0n) is 12.5. The van der Waals surface area contributed by atoms with E-state index in [-0.39, 0.29) is 24.4 Å². The van der Waals surface area contributed by atoms with E-state index in [0.29, 0.717) is 0 Å². The van der Waals surface area contributed by atoms with Crippen LogP contribution in [0.1, 0.15) is 30.1 Å². The molecular formula is C17H18F3NO2. The molecule has 2 unspecified atom stereocenters. The van der Waals surface area contributed by atoms with Gasteiger partial charge in [-0.15, -0.1) is 13.2 Å². The molecule has 0 aliphatic rings. The van der Waals surface area contributed by atoms with Gasteiger partial charge in [-0.3, -0.25) is 0 Å². The van der Waals surface area contributed by atoms with Gasteiger partial charge in [-0.1, -0.05) is 42.5 Å². The summed E-state index contributed by atoms with van der Waals surface area (Å²) in [4.78, 5) is 0. The summed E-state index contributed by atoms with van der Waals surface area (Å²) in [7, 11) is 0. The first-order chi connectivity index (χ1) is 10.9. The van der Waals surface area contributed by atoms with Crippen LogP contribution in [0.4, 0.5) is 13.2 Å². The van der Waals surface area contributed by atoms with Crippen molar-refractivity contribution in [2.75, 3.05) is 6.61 Å². The molecule has 2 aromatic rings. The fraction of sp³-hybridized carbons (Fsp3) is 0.294. The topological polar surface area (TPSA) is 41.5 Å². The Labute approximate surface area is 132 Å². The van der Waals surface area contributed by atoms with Crippen molar-refractivity contribution in [3.05, 3.63) is 65.7 Å². The summed E-state index contributed by atoms with van der Waals surface area (Å²) >= 11 is 0. The predicted molar refractivity (Wildman–Crippen MR) is 80.9 cm³/mol. The third-order valence-corrected chi connectivity index (χ3v) is 3.45. The molecule has 0 aromatic heterocycles. The van der Waals surface area contributed by atoms with E-state index in [0.717, 1.165) is 11.1 Å². The lowest BCUT2D eigenvalue weighted by Crippen LogP contribution is -2.27. The molecule has 0 amide bonds. The van der Waals surface area contributed by atoms with Crippen LogP contribution in [0.5, 0.6) is 5.75 Å². The van der Waals surface area contributed by atoms with Gasteiger partial charge in [-0.25, -0.2) is 0 Å². The predicted octanol–water partition coefficient (Wildman–Crippen LogP) is 3.97. The maximum atomic E-state index is 12.1. The van der Waals surface area contributed by atoms with Crippen LogP contribution in [0.25, 0.3) is 0 Å². The number of ether oxygens (including phenoxy) is 1. The smallest absolute Gasteiger partial charge is 0.406 e. The Morgan fingerprint density at radius 2 is 1.61 bits per heavy atom. The number of halogens is 3. The second kappa shape index (κ2) is 7.48. The lowest BCUT2D eigenvalue weighted by Gasteiger charge is -2.22. The van der Waals surface area contributed by atoms with Crippen molar-refractivity contribution in [3.63, 3.8) is 0 Å². The van der Waals surface area contributed by atoms with E-state index in [1.54, 1.807) is 12.1 Å². The number of aliphatic hydroxyl groups is 1. The monoisotopic (exact) mass is 325 g/mol. The molecule has 23 heavy (non-hydrogen) atoms. The summed E-state index contributed by atoms with van der Waals surface area (Å²) in [5, 5.41) is 12.8. The van der Waals surface area contributed by atoms with Crippen LogP contribution in [0.15, 0.2) is 54.6 Å². The van der Waals surface area contributed by atoms with Gasteiger partial charge in [0.25, 0.3) is 0 Å². The first-order valence-corrected chi connectivity index (χ1v) is 7.16. The van der Waals surface area contributed by atoms with Crippen LogP contribution in [0.3, 0.4) is 0 Å². The Bertz CT molecular complexity index is 599. The third kappa shape index (κ3) is 5.26. The van der Waals surface area contributed by atoms with Crippen LogP contribution in [-0.2, 0) is 0 Å². The van der Waals surface area contributed by atoms with E-state index < -0.39 is 6.36 Å². The van der Waals surface area contributed by atoms with Crippen LogP contribution >= 0.6 is 0 Å². The Kier molecular flexibility index (Phi) is 5.63. The molecule has 124 valence electrons. The normalized spacial score (nSPS) is 14.3. The van der Waals surface area contributed by atoms with Crippen molar-refractivity contribution < 1.29 is 23.0 Å². The zero-order chi connectivity index (χ0) is 16.9. The number of nitrogens with one attached hydrogen (secondary N) is 1. The van der Waals surface area contributed by atoms with Gasteiger partial charge < -0.3 is 15.2 Å². The molecule has 0 aliphatic carbocycles. The third-order valence-electron chi connectivity index (χ3n) is 3.45. The van der Waals surface area contributed by atoms with Crippen molar-refractivity contribution in [3.8, 4) is 5.75 Å². The zero-order valence-corrected chi connectivity index (χ0v) is 12.5. The van der Waals surface area contributed by atoms with Crippen molar-refractivity contribution in [1.29, 1.82) is 0 Å². The largest absolute Gasteiger partial charge is 0.573 e. The number of alkyl halides is 3. The Morgan fingerprint density at radius 3 is 2.13 bits per heavy atom. The molecule has 2 N–H and O–H groups in total. The number of hydrogen-bond donors (Lipinski definition) is 2. The van der Waals surface area contributed by atoms with Gasteiger partial charge in [-0.05, 0) is 30.2 Å². The van der Waals surface area contributed by atoms with Gasteiger partial charge in [0.1, 0.15) is 5.75 Å². The molecule has 6 heteroatoms. The molecule has 2 aromatic carbocycles. The average Bonchev–Trinajstić information content (AvgIpc) is 2.52. The molecule has 3 nitrogen and oxygen atoms in total. The maximum Gasteiger partial charge on any atom is 0.573 e. The van der Waals surface area contributed by atoms with E-state index in [2.05, 4.69) is 10.1 Å². The molecule has 0 saturated heterocycles. The molecule has 0 heterocycles. The summed E-state index contributed by atoms with van der Waals surface area (Å²) < 4.78 is 40.3. The van der Waals surface area contributed by atoms with Gasteiger partial charge in [0.05, 0.1) is 12.6 Å². The molecule has 0 fully saturated rings. The van der Waals surface area contributed by atoms with Gasteiger partial charge in [0.2, 0.25) is 0 Å². The molecule has 0 aliphatic heterocycles. The highest BCUT2D eigenvalue weighted by atomic mass is 19.4. The number of aliphatic hydroxyl groups excluding tert-OH is 1. The van der Waals surface area contributed by atoms with E-state index in [1.165, 1.54) is 12.1 Å². The lowest BCUT2D eigenvalue weighted by atomic mass is 10.0. The minimum Gasteiger partial charge on any atom is -0.406 e. The Morgan fingerprint density at radius 1 is 1.00 bits per heavy atom. The van der Waals surface area contributed by atoms with E-state index in [9.17, 15) is 18.3 Å². The van der Waals surface area contributed by atoms with Crippen molar-refractivity contribution in [2.24, 2.45) is 0 Å². The Hall–Kier alpha value is -2.05. The summed E-state index contributed by atoms with van der Waals surface area (Å²) in [6, 6.07) is 14.7. The lowest BCUT2D eigenvalue weighted by molar-refractivity contribution is -0.274. The second-order valence-electron chi connectivity index (χ2n) is 5.15. The highest BCUT2D eigenvalue weighted by Crippen LogP contribution is 2.25. The molecular weight excluding hydrogens is 307 g/mol. The number of hydrogen-bond acceptors (Lipinski definition) is 3. The number of rotatable bonds is 6. The molecule has 2 rings (SSSR count). The van der Waals surface area contributed by atoms with E-state index in [1.807, 2.05) is 37.3 Å². The van der Waals surface area contributed by atoms with Crippen LogP contribution in [0.2, 0.25) is 0 Å². The highest BCUT2D eigenvalue weighted by Gasteiger charge is 2.31. The minimum absolute atomic E-state index is 0.0797. The average molecular weight is 325 g/mol. The fourth-order valence-corrected chi connectivity index (χ4v) is 2.30. The second-order valence-corrected chi connectivity index (χ2v) is 5.15. The van der Waals surface area contributed by atoms with Crippen LogP contribution in [0, 0.1) is 0 Å². The van der Waals surface area contributed by atoms with E-state index in [4.69, 9.17) is 0 Å². The summed E-state index contributed by atoms with van der Waals surface area (Å²) in [6.07, 6.45) is -4.69. The van der Waals surface area contributed by atoms with Crippen molar-refractivity contribution in [2.45, 2.75) is 25.4 Å². The maximum absolute atomic E-state index is 12.1. The molecule has 0 spiro atoms.